The van der Waals surface area contributed by atoms with Crippen molar-refractivity contribution in [2.45, 2.75) is 39.5 Å². The van der Waals surface area contributed by atoms with Crippen molar-refractivity contribution in [1.82, 2.24) is 0 Å². The first-order chi connectivity index (χ1) is 7.52. The van der Waals surface area contributed by atoms with E-state index < -0.39 is 11.9 Å². The molecule has 4 heteroatoms. The zero-order chi connectivity index (χ0) is 12.6. The number of allylic oxidation sites excluding steroid dienone is 2. The molecule has 2 atom stereocenters. The Morgan fingerprint density at radius 2 is 1.25 bits per heavy atom. The van der Waals surface area contributed by atoms with Gasteiger partial charge in [0.1, 0.15) is 0 Å². The molecule has 0 spiro atoms. The summed E-state index contributed by atoms with van der Waals surface area (Å²) < 4.78 is 0. The van der Waals surface area contributed by atoms with Crippen LogP contribution in [0.2, 0.25) is 0 Å². The highest BCUT2D eigenvalue weighted by atomic mass is 16.4. The SMILES string of the molecule is CCC(CC=CCC(CC)C(=O)O)C(=O)O. The molecule has 2 N–H and O–H groups in total. The van der Waals surface area contributed by atoms with Gasteiger partial charge in [0, 0.05) is 0 Å². The van der Waals surface area contributed by atoms with Gasteiger partial charge in [-0.05, 0) is 25.7 Å². The van der Waals surface area contributed by atoms with Crippen molar-refractivity contribution in [2.75, 3.05) is 0 Å². The van der Waals surface area contributed by atoms with Gasteiger partial charge in [0.05, 0.1) is 11.8 Å². The van der Waals surface area contributed by atoms with Gasteiger partial charge in [-0.15, -0.1) is 0 Å². The smallest absolute Gasteiger partial charge is 0.306 e. The molecule has 4 nitrogen and oxygen atoms in total. The molecule has 0 aromatic carbocycles. The molecule has 92 valence electrons. The molecule has 0 rings (SSSR count). The van der Waals surface area contributed by atoms with Gasteiger partial charge in [-0.2, -0.15) is 0 Å². The van der Waals surface area contributed by atoms with E-state index in [1.165, 1.54) is 0 Å². The predicted octanol–water partition coefficient (Wildman–Crippen LogP) is 2.54. The lowest BCUT2D eigenvalue weighted by molar-refractivity contribution is -0.142. The third kappa shape index (κ3) is 5.53. The third-order valence-electron chi connectivity index (χ3n) is 2.69. The average Bonchev–Trinajstić information content (AvgIpc) is 2.22. The monoisotopic (exact) mass is 228 g/mol. The van der Waals surface area contributed by atoms with E-state index in [9.17, 15) is 9.59 Å². The Bertz CT molecular complexity index is 232. The van der Waals surface area contributed by atoms with Crippen LogP contribution in [-0.4, -0.2) is 22.2 Å². The highest BCUT2D eigenvalue weighted by Gasteiger charge is 2.14. The first-order valence-corrected chi connectivity index (χ1v) is 5.63. The van der Waals surface area contributed by atoms with Crippen LogP contribution >= 0.6 is 0 Å². The fourth-order valence-corrected chi connectivity index (χ4v) is 1.41. The minimum atomic E-state index is -0.794. The topological polar surface area (TPSA) is 74.6 Å². The van der Waals surface area contributed by atoms with Crippen LogP contribution in [0.5, 0.6) is 0 Å². The van der Waals surface area contributed by atoms with Crippen LogP contribution in [0.1, 0.15) is 39.5 Å². The average molecular weight is 228 g/mol. The second kappa shape index (κ2) is 7.91. The molecule has 0 saturated carbocycles. The van der Waals surface area contributed by atoms with E-state index in [1.807, 2.05) is 13.8 Å². The number of aliphatic carboxylic acids is 2. The van der Waals surface area contributed by atoms with Gasteiger partial charge >= 0.3 is 11.9 Å². The number of rotatable bonds is 8. The maximum absolute atomic E-state index is 10.7. The van der Waals surface area contributed by atoms with Crippen molar-refractivity contribution in [1.29, 1.82) is 0 Å². The summed E-state index contributed by atoms with van der Waals surface area (Å²) in [6, 6.07) is 0. The van der Waals surface area contributed by atoms with Crippen LogP contribution in [0.25, 0.3) is 0 Å². The molecule has 0 bridgehead atoms. The highest BCUT2D eigenvalue weighted by molar-refractivity contribution is 5.70. The van der Waals surface area contributed by atoms with Crippen LogP contribution in [0.3, 0.4) is 0 Å². The summed E-state index contributed by atoms with van der Waals surface area (Å²) in [5.74, 6) is -2.31. The van der Waals surface area contributed by atoms with Crippen molar-refractivity contribution in [3.05, 3.63) is 12.2 Å². The van der Waals surface area contributed by atoms with Gasteiger partial charge in [-0.3, -0.25) is 9.59 Å². The number of hydrogen-bond donors (Lipinski definition) is 2. The summed E-state index contributed by atoms with van der Waals surface area (Å²) in [4.78, 5) is 21.4. The molecule has 0 radical (unpaired) electrons. The lowest BCUT2D eigenvalue weighted by Gasteiger charge is -2.07. The van der Waals surface area contributed by atoms with Crippen molar-refractivity contribution in [3.8, 4) is 0 Å². The molecule has 0 aromatic heterocycles. The number of carboxylic acids is 2. The van der Waals surface area contributed by atoms with E-state index in [2.05, 4.69) is 0 Å². The summed E-state index contributed by atoms with van der Waals surface area (Å²) in [5, 5.41) is 17.6. The molecule has 0 aliphatic heterocycles. The molecular weight excluding hydrogens is 208 g/mol. The fourth-order valence-electron chi connectivity index (χ4n) is 1.41. The van der Waals surface area contributed by atoms with Gasteiger partial charge in [-0.1, -0.05) is 26.0 Å². The maximum atomic E-state index is 10.7. The molecule has 0 fully saturated rings. The summed E-state index contributed by atoms with van der Waals surface area (Å²) in [6.07, 6.45) is 5.68. The van der Waals surface area contributed by atoms with Crippen LogP contribution in [0, 0.1) is 11.8 Å². The Balaban J connectivity index is 4.01. The molecule has 0 aliphatic rings. The van der Waals surface area contributed by atoms with Gasteiger partial charge in [0.2, 0.25) is 0 Å². The zero-order valence-corrected chi connectivity index (χ0v) is 9.85. The molecule has 0 aromatic rings. The minimum Gasteiger partial charge on any atom is -0.481 e. The van der Waals surface area contributed by atoms with Gasteiger partial charge in [0.15, 0.2) is 0 Å². The zero-order valence-electron chi connectivity index (χ0n) is 9.85. The molecule has 0 heterocycles. The quantitative estimate of drug-likeness (QED) is 0.626. The molecule has 0 aliphatic carbocycles. The van der Waals surface area contributed by atoms with E-state index >= 15 is 0 Å². The molecule has 0 amide bonds. The maximum Gasteiger partial charge on any atom is 0.306 e. The summed E-state index contributed by atoms with van der Waals surface area (Å²) in [6.45, 7) is 3.66. The second-order valence-corrected chi connectivity index (χ2v) is 3.83. The van der Waals surface area contributed by atoms with Crippen molar-refractivity contribution >= 4 is 11.9 Å². The standard InChI is InChI=1S/C12H20O4/c1-3-9(11(13)14)7-5-6-8-10(4-2)12(15)16/h5-6,9-10H,3-4,7-8H2,1-2H3,(H,13,14)(H,15,16). The number of carbonyl (C=O) groups is 2. The van der Waals surface area contributed by atoms with Crippen molar-refractivity contribution < 1.29 is 19.8 Å². The van der Waals surface area contributed by atoms with Gasteiger partial charge in [0.25, 0.3) is 0 Å². The third-order valence-corrected chi connectivity index (χ3v) is 2.69. The van der Waals surface area contributed by atoms with Gasteiger partial charge < -0.3 is 10.2 Å². The Morgan fingerprint density at radius 1 is 0.938 bits per heavy atom. The second-order valence-electron chi connectivity index (χ2n) is 3.83. The van der Waals surface area contributed by atoms with E-state index in [1.54, 1.807) is 12.2 Å². The van der Waals surface area contributed by atoms with E-state index in [0.717, 1.165) is 0 Å². The van der Waals surface area contributed by atoms with Crippen LogP contribution in [0.4, 0.5) is 0 Å². The van der Waals surface area contributed by atoms with E-state index in [-0.39, 0.29) is 11.8 Å². The highest BCUT2D eigenvalue weighted by Crippen LogP contribution is 2.12. The molecule has 16 heavy (non-hydrogen) atoms. The number of carboxylic acid groups (broad SMARTS) is 2. The van der Waals surface area contributed by atoms with E-state index in [0.29, 0.717) is 25.7 Å². The lowest BCUT2D eigenvalue weighted by Crippen LogP contribution is -2.12. The predicted molar refractivity (Wildman–Crippen MR) is 61.2 cm³/mol. The normalized spacial score (nSPS) is 14.9. The van der Waals surface area contributed by atoms with Crippen LogP contribution in [0.15, 0.2) is 12.2 Å². The summed E-state index contributed by atoms with van der Waals surface area (Å²) >= 11 is 0. The molecule has 2 unspecified atom stereocenters. The van der Waals surface area contributed by atoms with Crippen molar-refractivity contribution in [2.24, 2.45) is 11.8 Å². The Labute approximate surface area is 96.0 Å². The largest absolute Gasteiger partial charge is 0.481 e. The van der Waals surface area contributed by atoms with E-state index in [4.69, 9.17) is 10.2 Å². The number of hydrogen-bond acceptors (Lipinski definition) is 2. The Kier molecular flexibility index (Phi) is 7.25. The first-order valence-electron chi connectivity index (χ1n) is 5.63. The summed E-state index contributed by atoms with van der Waals surface area (Å²) in [7, 11) is 0. The first kappa shape index (κ1) is 14.7. The van der Waals surface area contributed by atoms with Gasteiger partial charge in [-0.25, -0.2) is 0 Å². The molecular formula is C12H20O4. The Hall–Kier alpha value is -1.32. The molecule has 0 saturated heterocycles. The minimum absolute atomic E-state index is 0.360. The van der Waals surface area contributed by atoms with Crippen molar-refractivity contribution in [3.63, 3.8) is 0 Å². The lowest BCUT2D eigenvalue weighted by atomic mass is 9.99. The van der Waals surface area contributed by atoms with Crippen LogP contribution in [-0.2, 0) is 9.59 Å². The summed E-state index contributed by atoms with van der Waals surface area (Å²) in [5.41, 5.74) is 0. The van der Waals surface area contributed by atoms with Crippen LogP contribution < -0.4 is 0 Å². The fraction of sp³-hybridized carbons (Fsp3) is 0.667. The Morgan fingerprint density at radius 3 is 1.44 bits per heavy atom.